The number of carbonyl (C=O) groups is 2. The maximum Gasteiger partial charge on any atom is 0.343 e. The van der Waals surface area contributed by atoms with E-state index in [1.807, 2.05) is 60.7 Å². The van der Waals surface area contributed by atoms with Gasteiger partial charge in [0.15, 0.2) is 6.10 Å². The molecule has 5 rings (SSSR count). The molecule has 0 bridgehead atoms. The summed E-state index contributed by atoms with van der Waals surface area (Å²) in [6.07, 6.45) is 0.245. The zero-order valence-corrected chi connectivity index (χ0v) is 20.0. The molecule has 0 saturated heterocycles. The molecule has 0 saturated carbocycles. The number of nitrogens with zero attached hydrogens (tertiary/aromatic N) is 3. The molecule has 0 aliphatic rings. The van der Waals surface area contributed by atoms with Gasteiger partial charge in [-0.05, 0) is 24.3 Å². The van der Waals surface area contributed by atoms with Crippen molar-refractivity contribution in [3.8, 4) is 16.9 Å². The van der Waals surface area contributed by atoms with Gasteiger partial charge in [-0.1, -0.05) is 78.9 Å². The second-order valence-electron chi connectivity index (χ2n) is 8.40. The smallest absolute Gasteiger partial charge is 0.343 e. The third kappa shape index (κ3) is 5.10. The van der Waals surface area contributed by atoms with E-state index in [1.165, 1.54) is 24.3 Å². The molecule has 38 heavy (non-hydrogen) atoms. The largest absolute Gasteiger partial charge is 0.445 e. The molecule has 8 heteroatoms. The second kappa shape index (κ2) is 10.7. The van der Waals surface area contributed by atoms with Crippen molar-refractivity contribution in [2.45, 2.75) is 6.10 Å². The summed E-state index contributed by atoms with van der Waals surface area (Å²) < 4.78 is 7.42. The Labute approximate surface area is 217 Å². The van der Waals surface area contributed by atoms with Crippen LogP contribution in [0.25, 0.3) is 16.9 Å². The fourth-order valence-electron chi connectivity index (χ4n) is 4.01. The summed E-state index contributed by atoms with van der Waals surface area (Å²) in [6, 6.07) is 32.3. The number of para-hydroxylation sites is 1. The third-order valence-corrected chi connectivity index (χ3v) is 5.93. The molecule has 1 heterocycles. The number of nitro groups is 1. The molecule has 8 nitrogen and oxygen atoms in total. The average Bonchev–Trinajstić information content (AvgIpc) is 3.43. The van der Waals surface area contributed by atoms with Crippen molar-refractivity contribution in [3.63, 3.8) is 0 Å². The molecule has 1 atom stereocenters. The Morgan fingerprint density at radius 3 is 1.97 bits per heavy atom. The SMILES string of the molecule is O=C(O[C@H](C(=O)c1ccccc1)c1ccc([N+](=O)[O-])cc1)c1cn(-c2ccccc2)nc1-c1ccccc1. The Balaban J connectivity index is 1.55. The van der Waals surface area contributed by atoms with Gasteiger partial charge in [0, 0.05) is 35.0 Å². The Bertz CT molecular complexity index is 1580. The Morgan fingerprint density at radius 2 is 1.37 bits per heavy atom. The van der Waals surface area contributed by atoms with Crippen molar-refractivity contribution in [3.05, 3.63) is 148 Å². The van der Waals surface area contributed by atoms with E-state index in [4.69, 9.17) is 4.74 Å². The van der Waals surface area contributed by atoms with E-state index >= 15 is 0 Å². The molecule has 4 aromatic carbocycles. The molecule has 0 amide bonds. The maximum atomic E-state index is 13.6. The van der Waals surface area contributed by atoms with Gasteiger partial charge in [-0.2, -0.15) is 5.10 Å². The standard InChI is InChI=1S/C30H21N3O5/c34-28(22-12-6-2-7-13-22)29(23-16-18-25(19-17-23)33(36)37)38-30(35)26-20-32(24-14-8-3-9-15-24)31-27(26)21-10-4-1-5-11-21/h1-20,29H/t29-/m0/s1. The van der Waals surface area contributed by atoms with Gasteiger partial charge < -0.3 is 4.74 Å². The quantitative estimate of drug-likeness (QED) is 0.108. The summed E-state index contributed by atoms with van der Waals surface area (Å²) in [7, 11) is 0. The molecule has 0 fully saturated rings. The molecule has 0 aliphatic heterocycles. The summed E-state index contributed by atoms with van der Waals surface area (Å²) in [5.41, 5.74) is 2.54. The minimum atomic E-state index is -1.32. The molecule has 0 spiro atoms. The monoisotopic (exact) mass is 503 g/mol. The van der Waals surface area contributed by atoms with Crippen LogP contribution in [0.2, 0.25) is 0 Å². The molecule has 0 aliphatic carbocycles. The highest BCUT2D eigenvalue weighted by molar-refractivity contribution is 6.03. The van der Waals surface area contributed by atoms with Crippen LogP contribution in [-0.2, 0) is 4.74 Å². The van der Waals surface area contributed by atoms with Gasteiger partial charge in [0.2, 0.25) is 5.78 Å². The number of ketones is 1. The first-order valence-electron chi connectivity index (χ1n) is 11.8. The van der Waals surface area contributed by atoms with E-state index in [0.717, 1.165) is 5.69 Å². The number of ether oxygens (including phenoxy) is 1. The maximum absolute atomic E-state index is 13.6. The first-order chi connectivity index (χ1) is 18.5. The van der Waals surface area contributed by atoms with Gasteiger partial charge in [-0.25, -0.2) is 9.48 Å². The fourth-order valence-corrected chi connectivity index (χ4v) is 4.01. The van der Waals surface area contributed by atoms with Crippen LogP contribution in [0.15, 0.2) is 121 Å². The topological polar surface area (TPSA) is 104 Å². The lowest BCUT2D eigenvalue weighted by molar-refractivity contribution is -0.384. The number of hydrogen-bond acceptors (Lipinski definition) is 6. The van der Waals surface area contributed by atoms with E-state index in [1.54, 1.807) is 41.2 Å². The van der Waals surface area contributed by atoms with Gasteiger partial charge >= 0.3 is 5.97 Å². The van der Waals surface area contributed by atoms with Crippen LogP contribution in [0.3, 0.4) is 0 Å². The number of benzene rings is 4. The van der Waals surface area contributed by atoms with Crippen molar-refractivity contribution >= 4 is 17.4 Å². The van der Waals surface area contributed by atoms with Gasteiger partial charge in [-0.15, -0.1) is 0 Å². The van der Waals surface area contributed by atoms with Crippen LogP contribution >= 0.6 is 0 Å². The third-order valence-electron chi connectivity index (χ3n) is 5.93. The summed E-state index contributed by atoms with van der Waals surface area (Å²) in [5, 5.41) is 15.8. The number of nitro benzene ring substituents is 1. The van der Waals surface area contributed by atoms with E-state index in [-0.39, 0.29) is 11.3 Å². The number of rotatable bonds is 8. The lowest BCUT2D eigenvalue weighted by Gasteiger charge is -2.17. The van der Waals surface area contributed by atoms with Crippen LogP contribution in [0.4, 0.5) is 5.69 Å². The number of esters is 1. The van der Waals surface area contributed by atoms with Gasteiger partial charge in [0.1, 0.15) is 11.3 Å². The first-order valence-corrected chi connectivity index (χ1v) is 11.8. The molecule has 0 unspecified atom stereocenters. The predicted molar refractivity (Wildman–Crippen MR) is 141 cm³/mol. The highest BCUT2D eigenvalue weighted by Crippen LogP contribution is 2.29. The van der Waals surface area contributed by atoms with Crippen molar-refractivity contribution in [1.29, 1.82) is 0 Å². The summed E-state index contributed by atoms with van der Waals surface area (Å²) in [4.78, 5) is 37.7. The van der Waals surface area contributed by atoms with Crippen LogP contribution in [0, 0.1) is 10.1 Å². The van der Waals surface area contributed by atoms with Crippen molar-refractivity contribution in [2.75, 3.05) is 0 Å². The molecule has 0 radical (unpaired) electrons. The van der Waals surface area contributed by atoms with Gasteiger partial charge in [0.25, 0.3) is 5.69 Å². The minimum absolute atomic E-state index is 0.138. The molecular weight excluding hydrogens is 482 g/mol. The zero-order valence-electron chi connectivity index (χ0n) is 20.0. The van der Waals surface area contributed by atoms with E-state index in [2.05, 4.69) is 5.10 Å². The van der Waals surface area contributed by atoms with E-state index in [9.17, 15) is 19.7 Å². The molecule has 186 valence electrons. The van der Waals surface area contributed by atoms with E-state index < -0.39 is 22.8 Å². The van der Waals surface area contributed by atoms with Crippen LogP contribution in [-0.4, -0.2) is 26.5 Å². The fraction of sp³-hybridized carbons (Fsp3) is 0.0333. The molecular formula is C30H21N3O5. The van der Waals surface area contributed by atoms with Gasteiger partial charge in [0.05, 0.1) is 10.6 Å². The molecule has 1 aromatic heterocycles. The number of hydrogen-bond donors (Lipinski definition) is 0. The number of non-ortho nitro benzene ring substituents is 1. The normalized spacial score (nSPS) is 11.5. The summed E-state index contributed by atoms with van der Waals surface area (Å²) >= 11 is 0. The predicted octanol–water partition coefficient (Wildman–Crippen LogP) is 6.23. The van der Waals surface area contributed by atoms with Crippen molar-refractivity contribution < 1.29 is 19.2 Å². The Kier molecular flexibility index (Phi) is 6.86. The van der Waals surface area contributed by atoms with Crippen LogP contribution in [0.5, 0.6) is 0 Å². The Hall–Kier alpha value is -5.37. The van der Waals surface area contributed by atoms with Crippen molar-refractivity contribution in [1.82, 2.24) is 9.78 Å². The lowest BCUT2D eigenvalue weighted by atomic mass is 9.99. The lowest BCUT2D eigenvalue weighted by Crippen LogP contribution is -2.20. The zero-order chi connectivity index (χ0) is 26.5. The minimum Gasteiger partial charge on any atom is -0.445 e. The molecule has 0 N–H and O–H groups in total. The highest BCUT2D eigenvalue weighted by Gasteiger charge is 2.29. The highest BCUT2D eigenvalue weighted by atomic mass is 16.6. The first kappa shape index (κ1) is 24.3. The van der Waals surface area contributed by atoms with Crippen LogP contribution in [0.1, 0.15) is 32.4 Å². The summed E-state index contributed by atoms with van der Waals surface area (Å²) in [5.74, 6) is -1.21. The molecule has 5 aromatic rings. The Morgan fingerprint density at radius 1 is 0.789 bits per heavy atom. The van der Waals surface area contributed by atoms with E-state index in [0.29, 0.717) is 22.4 Å². The number of aromatic nitrogens is 2. The van der Waals surface area contributed by atoms with Crippen molar-refractivity contribution in [2.24, 2.45) is 0 Å². The average molecular weight is 504 g/mol. The number of Topliss-reactive ketones (excluding diaryl/α,β-unsaturated/α-hetero) is 1. The second-order valence-corrected chi connectivity index (χ2v) is 8.40. The van der Waals surface area contributed by atoms with Gasteiger partial charge in [-0.3, -0.25) is 14.9 Å². The number of carbonyl (C=O) groups excluding carboxylic acids is 2. The van der Waals surface area contributed by atoms with Crippen LogP contribution < -0.4 is 0 Å². The summed E-state index contributed by atoms with van der Waals surface area (Å²) in [6.45, 7) is 0.